The summed E-state index contributed by atoms with van der Waals surface area (Å²) in [6, 6.07) is 0. The molecular formula is C15H22O3. The maximum atomic E-state index is 10.8. The van der Waals surface area contributed by atoms with Gasteiger partial charge >= 0.3 is 0 Å². The van der Waals surface area contributed by atoms with Crippen LogP contribution in [0.4, 0.5) is 0 Å². The van der Waals surface area contributed by atoms with Crippen LogP contribution < -0.4 is 0 Å². The van der Waals surface area contributed by atoms with Gasteiger partial charge in [-0.3, -0.25) is 0 Å². The zero-order valence-corrected chi connectivity index (χ0v) is 11.3. The Labute approximate surface area is 108 Å². The molecule has 3 nitrogen and oxygen atoms in total. The lowest BCUT2D eigenvalue weighted by atomic mass is 9.53. The van der Waals surface area contributed by atoms with Gasteiger partial charge in [-0.05, 0) is 37.2 Å². The summed E-state index contributed by atoms with van der Waals surface area (Å²) in [7, 11) is 0. The highest BCUT2D eigenvalue weighted by atomic mass is 16.3. The zero-order valence-electron chi connectivity index (χ0n) is 11.3. The minimum absolute atomic E-state index is 0.119. The monoisotopic (exact) mass is 250 g/mol. The van der Waals surface area contributed by atoms with Gasteiger partial charge in [0, 0.05) is 17.4 Å². The summed E-state index contributed by atoms with van der Waals surface area (Å²) in [6.07, 6.45) is 3.63. The van der Waals surface area contributed by atoms with E-state index in [0.717, 1.165) is 36.1 Å². The number of hydrogen-bond acceptors (Lipinski definition) is 3. The minimum Gasteiger partial charge on any atom is -0.469 e. The van der Waals surface area contributed by atoms with Crippen LogP contribution in [-0.2, 0) is 6.42 Å². The Morgan fingerprint density at radius 3 is 2.78 bits per heavy atom. The number of hydrogen-bond donors (Lipinski definition) is 2. The maximum absolute atomic E-state index is 10.8. The summed E-state index contributed by atoms with van der Waals surface area (Å²) >= 11 is 0. The van der Waals surface area contributed by atoms with Crippen LogP contribution in [0.1, 0.15) is 49.7 Å². The first-order valence-corrected chi connectivity index (χ1v) is 6.89. The van der Waals surface area contributed by atoms with E-state index in [2.05, 4.69) is 13.8 Å². The molecular weight excluding hydrogens is 228 g/mol. The first-order chi connectivity index (χ1) is 8.46. The average Bonchev–Trinajstić information content (AvgIpc) is 2.70. The molecule has 0 saturated heterocycles. The molecule has 1 heterocycles. The van der Waals surface area contributed by atoms with Gasteiger partial charge in [0.25, 0.3) is 0 Å². The van der Waals surface area contributed by atoms with Crippen LogP contribution in [0, 0.1) is 24.2 Å². The summed E-state index contributed by atoms with van der Waals surface area (Å²) in [5, 5.41) is 20.9. The first-order valence-electron chi connectivity index (χ1n) is 6.89. The van der Waals surface area contributed by atoms with E-state index >= 15 is 0 Å². The molecule has 1 aromatic rings. The summed E-state index contributed by atoms with van der Waals surface area (Å²) in [5.41, 5.74) is 1.76. The Bertz CT molecular complexity index is 464. The molecule has 0 bridgehead atoms. The average molecular weight is 250 g/mol. The van der Waals surface area contributed by atoms with E-state index in [-0.39, 0.29) is 17.4 Å². The summed E-state index contributed by atoms with van der Waals surface area (Å²) in [4.78, 5) is 0. The molecule has 100 valence electrons. The third kappa shape index (κ3) is 1.38. The molecule has 1 fully saturated rings. The van der Waals surface area contributed by atoms with Gasteiger partial charge in [0.2, 0.25) is 0 Å². The Hall–Kier alpha value is -0.800. The Balaban J connectivity index is 2.09. The Morgan fingerprint density at radius 2 is 2.06 bits per heavy atom. The van der Waals surface area contributed by atoms with Crippen LogP contribution >= 0.6 is 0 Å². The highest BCUT2D eigenvalue weighted by Gasteiger charge is 2.54. The normalized spacial score (nSPS) is 43.4. The van der Waals surface area contributed by atoms with Gasteiger partial charge < -0.3 is 14.6 Å². The summed E-state index contributed by atoms with van der Waals surface area (Å²) in [6.45, 7) is 6.18. The standard InChI is InChI=1S/C15H22O3/c1-8-7-18-12-6-10-4-5-11(16)9(2)15(10,3)14(17)13(8)12/h7,9-11,14,16-17H,4-6H2,1-3H3/t9-,10+,11+,14+,15+/m0/s1. The van der Waals surface area contributed by atoms with Gasteiger partial charge in [0.1, 0.15) is 5.76 Å². The molecule has 0 amide bonds. The van der Waals surface area contributed by atoms with Gasteiger partial charge in [-0.25, -0.2) is 0 Å². The van der Waals surface area contributed by atoms with Crippen molar-refractivity contribution in [3.05, 3.63) is 23.2 Å². The van der Waals surface area contributed by atoms with Crippen molar-refractivity contribution in [2.45, 2.75) is 52.2 Å². The lowest BCUT2D eigenvalue weighted by molar-refractivity contribution is -0.128. The molecule has 3 rings (SSSR count). The number of aliphatic hydroxyl groups excluding tert-OH is 2. The third-order valence-electron chi connectivity index (χ3n) is 5.65. The predicted octanol–water partition coefficient (Wildman–Crippen LogP) is 2.59. The second kappa shape index (κ2) is 3.84. The zero-order chi connectivity index (χ0) is 13.1. The molecule has 18 heavy (non-hydrogen) atoms. The predicted molar refractivity (Wildman–Crippen MR) is 68.1 cm³/mol. The number of aryl methyl sites for hydroxylation is 1. The van der Waals surface area contributed by atoms with Crippen molar-refractivity contribution < 1.29 is 14.6 Å². The molecule has 0 radical (unpaired) electrons. The van der Waals surface area contributed by atoms with Crippen LogP contribution in [0.2, 0.25) is 0 Å². The van der Waals surface area contributed by atoms with Crippen molar-refractivity contribution in [2.75, 3.05) is 0 Å². The molecule has 0 unspecified atom stereocenters. The number of furan rings is 1. The molecule has 0 aliphatic heterocycles. The SMILES string of the molecule is Cc1coc2c1[C@@H](O)[C@@]1(C)[C@H](CC[C@@H](O)[C@@H]1C)C2. The Morgan fingerprint density at radius 1 is 1.33 bits per heavy atom. The van der Waals surface area contributed by atoms with E-state index in [1.54, 1.807) is 6.26 Å². The van der Waals surface area contributed by atoms with E-state index in [9.17, 15) is 10.2 Å². The van der Waals surface area contributed by atoms with Crippen LogP contribution in [-0.4, -0.2) is 16.3 Å². The van der Waals surface area contributed by atoms with Crippen molar-refractivity contribution in [3.63, 3.8) is 0 Å². The van der Waals surface area contributed by atoms with Crippen molar-refractivity contribution in [1.82, 2.24) is 0 Å². The highest BCUT2D eigenvalue weighted by Crippen LogP contribution is 2.57. The molecule has 0 aromatic carbocycles. The third-order valence-corrected chi connectivity index (χ3v) is 5.65. The second-order valence-electron chi connectivity index (χ2n) is 6.36. The highest BCUT2D eigenvalue weighted by molar-refractivity contribution is 5.34. The van der Waals surface area contributed by atoms with Gasteiger partial charge in [0.05, 0.1) is 18.5 Å². The van der Waals surface area contributed by atoms with Crippen molar-refractivity contribution in [3.8, 4) is 0 Å². The molecule has 2 aliphatic rings. The van der Waals surface area contributed by atoms with Crippen LogP contribution in [0.25, 0.3) is 0 Å². The first kappa shape index (κ1) is 12.2. The Kier molecular flexibility index (Phi) is 2.62. The molecule has 2 aliphatic carbocycles. The molecule has 3 heteroatoms. The maximum Gasteiger partial charge on any atom is 0.110 e. The molecule has 0 spiro atoms. The van der Waals surface area contributed by atoms with E-state index in [1.807, 2.05) is 6.92 Å². The van der Waals surface area contributed by atoms with Crippen LogP contribution in [0.5, 0.6) is 0 Å². The van der Waals surface area contributed by atoms with E-state index in [0.29, 0.717) is 5.92 Å². The van der Waals surface area contributed by atoms with Crippen molar-refractivity contribution >= 4 is 0 Å². The molecule has 1 aromatic heterocycles. The van der Waals surface area contributed by atoms with Gasteiger partial charge in [-0.1, -0.05) is 13.8 Å². The van der Waals surface area contributed by atoms with Crippen molar-refractivity contribution in [2.24, 2.45) is 17.3 Å². The van der Waals surface area contributed by atoms with E-state index in [1.165, 1.54) is 0 Å². The lowest BCUT2D eigenvalue weighted by Crippen LogP contribution is -2.51. The fraction of sp³-hybridized carbons (Fsp3) is 0.733. The summed E-state index contributed by atoms with van der Waals surface area (Å²) in [5.74, 6) is 1.48. The number of aliphatic hydroxyl groups is 2. The van der Waals surface area contributed by atoms with Crippen LogP contribution in [0.3, 0.4) is 0 Å². The minimum atomic E-state index is -0.519. The summed E-state index contributed by atoms with van der Waals surface area (Å²) < 4.78 is 5.59. The number of fused-ring (bicyclic) bond motifs is 2. The topological polar surface area (TPSA) is 53.6 Å². The van der Waals surface area contributed by atoms with Crippen LogP contribution in [0.15, 0.2) is 10.7 Å². The fourth-order valence-corrected chi connectivity index (χ4v) is 4.08. The molecule has 2 N–H and O–H groups in total. The van der Waals surface area contributed by atoms with E-state index < -0.39 is 6.10 Å². The quantitative estimate of drug-likeness (QED) is 0.744. The smallest absolute Gasteiger partial charge is 0.110 e. The second-order valence-corrected chi connectivity index (χ2v) is 6.36. The van der Waals surface area contributed by atoms with Gasteiger partial charge in [-0.2, -0.15) is 0 Å². The largest absolute Gasteiger partial charge is 0.469 e. The fourth-order valence-electron chi connectivity index (χ4n) is 4.08. The molecule has 1 saturated carbocycles. The van der Waals surface area contributed by atoms with Gasteiger partial charge in [0.15, 0.2) is 0 Å². The van der Waals surface area contributed by atoms with E-state index in [4.69, 9.17) is 4.42 Å². The number of rotatable bonds is 0. The van der Waals surface area contributed by atoms with Gasteiger partial charge in [-0.15, -0.1) is 0 Å². The molecule has 5 atom stereocenters. The lowest BCUT2D eigenvalue weighted by Gasteiger charge is -2.53. The van der Waals surface area contributed by atoms with Crippen molar-refractivity contribution in [1.29, 1.82) is 0 Å².